The Morgan fingerprint density at radius 3 is 2.35 bits per heavy atom. The highest BCUT2D eigenvalue weighted by atomic mass is 16.5. The molecule has 3 heterocycles. The van der Waals surface area contributed by atoms with Gasteiger partial charge in [0, 0.05) is 47.9 Å². The highest BCUT2D eigenvalue weighted by Gasteiger charge is 2.46. The van der Waals surface area contributed by atoms with Crippen LogP contribution < -0.4 is 30.7 Å². The molecule has 3 atom stereocenters. The van der Waals surface area contributed by atoms with Gasteiger partial charge in [0.25, 0.3) is 11.7 Å². The van der Waals surface area contributed by atoms with Crippen molar-refractivity contribution in [2.75, 3.05) is 13.7 Å². The predicted molar refractivity (Wildman–Crippen MR) is 202 cm³/mol. The van der Waals surface area contributed by atoms with Crippen LogP contribution in [0.3, 0.4) is 0 Å². The molecule has 1 aliphatic carbocycles. The second kappa shape index (κ2) is 15.9. The SMILES string of the molecule is CC/C(C)=C(\NC(=O)C1C[C@@H](Oc2cc(-n3cccn3)nc3cc(OC)ccc23)CN1C(=O)[C@@H](NC(=O)NC(C)(C)C)C(C)(C)C)C(=O)C(=O)NC1CC1. The number of Topliss-reactive ketones (excluding diaryl/α,β-unsaturated/α-hetero) is 1. The lowest BCUT2D eigenvalue weighted by atomic mass is 9.85. The fourth-order valence-corrected chi connectivity index (χ4v) is 6.12. The summed E-state index contributed by atoms with van der Waals surface area (Å²) in [5.74, 6) is -1.29. The van der Waals surface area contributed by atoms with Gasteiger partial charge in [-0.2, -0.15) is 5.10 Å². The number of methoxy groups -OCH3 is 1. The Labute approximate surface area is 315 Å². The summed E-state index contributed by atoms with van der Waals surface area (Å²) in [6, 6.07) is 6.12. The molecular weight excluding hydrogens is 692 g/mol. The van der Waals surface area contributed by atoms with Gasteiger partial charge in [-0.1, -0.05) is 27.7 Å². The Hall–Kier alpha value is -5.47. The quantitative estimate of drug-likeness (QED) is 0.158. The average molecular weight is 745 g/mol. The molecule has 3 aromatic rings. The van der Waals surface area contributed by atoms with Gasteiger partial charge in [0.15, 0.2) is 5.82 Å². The van der Waals surface area contributed by atoms with Crippen molar-refractivity contribution < 1.29 is 33.4 Å². The van der Waals surface area contributed by atoms with E-state index in [0.717, 1.165) is 12.8 Å². The number of likely N-dealkylation sites (tertiary alicyclic amines) is 1. The molecular formula is C39H52N8O7. The number of carbonyl (C=O) groups excluding carboxylic acids is 5. The number of benzene rings is 1. The molecule has 15 heteroatoms. The number of fused-ring (bicyclic) bond motifs is 1. The second-order valence-electron chi connectivity index (χ2n) is 16.0. The summed E-state index contributed by atoms with van der Waals surface area (Å²) >= 11 is 0. The van der Waals surface area contributed by atoms with Gasteiger partial charge >= 0.3 is 6.03 Å². The largest absolute Gasteiger partial charge is 0.497 e. The normalized spacial score (nSPS) is 18.4. The molecule has 290 valence electrons. The maximum absolute atomic E-state index is 14.6. The molecule has 54 heavy (non-hydrogen) atoms. The summed E-state index contributed by atoms with van der Waals surface area (Å²) in [7, 11) is 1.56. The van der Waals surface area contributed by atoms with Crippen molar-refractivity contribution in [2.45, 2.75) is 111 Å². The highest BCUT2D eigenvalue weighted by Crippen LogP contribution is 2.34. The molecule has 1 aliphatic heterocycles. The summed E-state index contributed by atoms with van der Waals surface area (Å²) in [5, 5.41) is 16.1. The monoisotopic (exact) mass is 744 g/mol. The summed E-state index contributed by atoms with van der Waals surface area (Å²) in [6.07, 6.45) is 4.69. The van der Waals surface area contributed by atoms with Gasteiger partial charge in [-0.05, 0) is 76.1 Å². The number of pyridine rings is 1. The van der Waals surface area contributed by atoms with Gasteiger partial charge in [-0.25, -0.2) is 14.5 Å². The fourth-order valence-electron chi connectivity index (χ4n) is 6.12. The minimum Gasteiger partial charge on any atom is -0.497 e. The number of allylic oxidation sites excluding steroid dienone is 1. The average Bonchev–Trinajstić information content (AvgIpc) is 3.55. The lowest BCUT2D eigenvalue weighted by molar-refractivity contribution is -0.142. The first-order chi connectivity index (χ1) is 25.4. The Balaban J connectivity index is 1.51. The van der Waals surface area contributed by atoms with Crippen LogP contribution in [0.5, 0.6) is 11.5 Å². The van der Waals surface area contributed by atoms with E-state index in [2.05, 4.69) is 26.4 Å². The number of nitrogens with zero attached hydrogens (tertiary/aromatic N) is 4. The van der Waals surface area contributed by atoms with E-state index in [1.807, 2.05) is 54.5 Å². The van der Waals surface area contributed by atoms with Gasteiger partial charge in [0.05, 0.1) is 24.9 Å². The van der Waals surface area contributed by atoms with Crippen molar-refractivity contribution in [3.8, 4) is 17.3 Å². The second-order valence-corrected chi connectivity index (χ2v) is 16.0. The van der Waals surface area contributed by atoms with E-state index in [-0.39, 0.29) is 24.7 Å². The Kier molecular flexibility index (Phi) is 11.7. The van der Waals surface area contributed by atoms with Crippen LogP contribution in [0, 0.1) is 5.41 Å². The summed E-state index contributed by atoms with van der Waals surface area (Å²) < 4.78 is 13.7. The van der Waals surface area contributed by atoms with Crippen LogP contribution in [0.2, 0.25) is 0 Å². The minimum atomic E-state index is -1.13. The Morgan fingerprint density at radius 1 is 1.04 bits per heavy atom. The van der Waals surface area contributed by atoms with E-state index in [1.54, 1.807) is 55.4 Å². The number of urea groups is 1. The lowest BCUT2D eigenvalue weighted by Crippen LogP contribution is -2.60. The first kappa shape index (κ1) is 39.7. The molecule has 2 fully saturated rings. The maximum Gasteiger partial charge on any atom is 0.315 e. The van der Waals surface area contributed by atoms with Gasteiger partial charge in [0.1, 0.15) is 29.7 Å². The van der Waals surface area contributed by atoms with E-state index in [1.165, 1.54) is 4.90 Å². The van der Waals surface area contributed by atoms with Crippen molar-refractivity contribution in [1.82, 2.24) is 40.9 Å². The van der Waals surface area contributed by atoms with Crippen LogP contribution >= 0.6 is 0 Å². The summed E-state index contributed by atoms with van der Waals surface area (Å²) in [5.41, 5.74) is -0.375. The smallest absolute Gasteiger partial charge is 0.315 e. The number of rotatable bonds is 12. The van der Waals surface area contributed by atoms with Crippen LogP contribution in [0.25, 0.3) is 16.7 Å². The standard InChI is InChI=1S/C39H52N8O7/c1-10-22(2)31(32(48)35(50)41-23-12-13-23)43-34(49)28-19-25(21-46(28)36(51)33(38(3,4)5)44-37(52)45-39(6,7)8)54-29-20-30(47-17-11-16-40-47)42-27-18-24(53-9)14-15-26(27)29/h11,14-18,20,23,25,28,33H,10,12-13,19,21H2,1-9H3,(H,41,50)(H,43,49)(H2,44,45,52)/b31-22-/t25-,28?,33-/m1/s1. The molecule has 15 nitrogen and oxygen atoms in total. The zero-order valence-electron chi connectivity index (χ0n) is 32.5. The van der Waals surface area contributed by atoms with Crippen molar-refractivity contribution in [2.24, 2.45) is 5.41 Å². The third kappa shape index (κ3) is 9.54. The minimum absolute atomic E-state index is 0.0228. The predicted octanol–water partition coefficient (Wildman–Crippen LogP) is 3.94. The van der Waals surface area contributed by atoms with Crippen molar-refractivity contribution in [3.05, 3.63) is 54.0 Å². The van der Waals surface area contributed by atoms with Crippen molar-refractivity contribution in [3.63, 3.8) is 0 Å². The number of amides is 5. The Bertz CT molecular complexity index is 1940. The molecule has 2 aromatic heterocycles. The lowest BCUT2D eigenvalue weighted by Gasteiger charge is -2.36. The van der Waals surface area contributed by atoms with Gasteiger partial charge in [-0.15, -0.1) is 0 Å². The molecule has 2 aliphatic rings. The van der Waals surface area contributed by atoms with E-state index < -0.39 is 58.7 Å². The molecule has 4 N–H and O–H groups in total. The molecule has 0 radical (unpaired) electrons. The molecule has 0 spiro atoms. The molecule has 5 rings (SSSR count). The maximum atomic E-state index is 14.6. The van der Waals surface area contributed by atoms with Crippen LogP contribution in [0.4, 0.5) is 4.79 Å². The van der Waals surface area contributed by atoms with Crippen LogP contribution in [-0.2, 0) is 19.2 Å². The number of carbonyl (C=O) groups is 5. The molecule has 0 bridgehead atoms. The number of ketones is 1. The third-order valence-electron chi connectivity index (χ3n) is 9.27. The van der Waals surface area contributed by atoms with Crippen molar-refractivity contribution >= 4 is 40.4 Å². The zero-order chi connectivity index (χ0) is 39.5. The molecule has 1 saturated heterocycles. The van der Waals surface area contributed by atoms with E-state index >= 15 is 0 Å². The Morgan fingerprint density at radius 2 is 1.76 bits per heavy atom. The van der Waals surface area contributed by atoms with Gasteiger partial charge < -0.3 is 35.6 Å². The van der Waals surface area contributed by atoms with Crippen LogP contribution in [-0.4, -0.2) is 92.6 Å². The molecule has 1 saturated carbocycles. The fraction of sp³-hybridized carbons (Fsp3) is 0.513. The molecule has 5 amide bonds. The van der Waals surface area contributed by atoms with E-state index in [0.29, 0.717) is 40.2 Å². The summed E-state index contributed by atoms with van der Waals surface area (Å²) in [4.78, 5) is 74.4. The topological polar surface area (TPSA) is 186 Å². The van der Waals surface area contributed by atoms with Gasteiger partial charge in [-0.3, -0.25) is 19.2 Å². The third-order valence-corrected chi connectivity index (χ3v) is 9.27. The highest BCUT2D eigenvalue weighted by molar-refractivity contribution is 6.43. The van der Waals surface area contributed by atoms with E-state index in [9.17, 15) is 24.0 Å². The van der Waals surface area contributed by atoms with Crippen molar-refractivity contribution in [1.29, 1.82) is 0 Å². The number of ether oxygens (including phenoxy) is 2. The molecule has 1 unspecified atom stereocenters. The number of nitrogens with one attached hydrogen (secondary N) is 4. The molecule has 1 aromatic carbocycles. The number of hydrogen-bond donors (Lipinski definition) is 4. The number of aromatic nitrogens is 3. The van der Waals surface area contributed by atoms with E-state index in [4.69, 9.17) is 14.5 Å². The first-order valence-electron chi connectivity index (χ1n) is 18.3. The summed E-state index contributed by atoms with van der Waals surface area (Å²) in [6.45, 7) is 14.4. The van der Waals surface area contributed by atoms with Crippen LogP contribution in [0.1, 0.15) is 81.1 Å². The van der Waals surface area contributed by atoms with Crippen LogP contribution in [0.15, 0.2) is 54.0 Å². The van der Waals surface area contributed by atoms with Gasteiger partial charge in [0.2, 0.25) is 11.8 Å². The first-order valence-corrected chi connectivity index (χ1v) is 18.3. The number of hydrogen-bond acceptors (Lipinski definition) is 9. The zero-order valence-corrected chi connectivity index (χ0v) is 32.5.